The maximum atomic E-state index is 12.2. The van der Waals surface area contributed by atoms with Gasteiger partial charge in [-0.3, -0.25) is 4.79 Å². The van der Waals surface area contributed by atoms with Gasteiger partial charge in [-0.25, -0.2) is 0 Å². The largest absolute Gasteiger partial charge is 0.481 e. The van der Waals surface area contributed by atoms with E-state index in [2.05, 4.69) is 31.3 Å². The van der Waals surface area contributed by atoms with Crippen molar-refractivity contribution in [3.8, 4) is 5.75 Å². The Kier molecular flexibility index (Phi) is 5.80. The SMILES string of the molecule is CCC(C)c1ccc(NC(=O)C(C)Oc2ccc(C)cc2)cc1. The molecule has 0 aliphatic heterocycles. The van der Waals surface area contributed by atoms with E-state index in [-0.39, 0.29) is 5.91 Å². The summed E-state index contributed by atoms with van der Waals surface area (Å²) in [6.45, 7) is 8.14. The Bertz CT molecular complexity index is 632. The minimum absolute atomic E-state index is 0.151. The molecule has 2 atom stereocenters. The monoisotopic (exact) mass is 311 g/mol. The van der Waals surface area contributed by atoms with E-state index < -0.39 is 6.10 Å². The molecule has 122 valence electrons. The Morgan fingerprint density at radius 2 is 1.65 bits per heavy atom. The second-order valence-corrected chi connectivity index (χ2v) is 5.99. The molecule has 0 bridgehead atoms. The van der Waals surface area contributed by atoms with Gasteiger partial charge in [-0.1, -0.05) is 43.7 Å². The lowest BCUT2D eigenvalue weighted by Gasteiger charge is -2.15. The van der Waals surface area contributed by atoms with Crippen molar-refractivity contribution in [3.05, 3.63) is 59.7 Å². The van der Waals surface area contributed by atoms with Crippen LogP contribution in [0.15, 0.2) is 48.5 Å². The quantitative estimate of drug-likeness (QED) is 0.822. The van der Waals surface area contributed by atoms with Crippen molar-refractivity contribution >= 4 is 11.6 Å². The summed E-state index contributed by atoms with van der Waals surface area (Å²) in [5.41, 5.74) is 3.24. The molecule has 0 spiro atoms. The van der Waals surface area contributed by atoms with Crippen molar-refractivity contribution in [1.29, 1.82) is 0 Å². The van der Waals surface area contributed by atoms with E-state index in [0.29, 0.717) is 11.7 Å². The molecule has 0 fully saturated rings. The lowest BCUT2D eigenvalue weighted by molar-refractivity contribution is -0.122. The van der Waals surface area contributed by atoms with E-state index in [4.69, 9.17) is 4.74 Å². The van der Waals surface area contributed by atoms with Gasteiger partial charge in [-0.2, -0.15) is 0 Å². The molecule has 0 aromatic heterocycles. The van der Waals surface area contributed by atoms with Crippen LogP contribution in [0.25, 0.3) is 0 Å². The zero-order valence-electron chi connectivity index (χ0n) is 14.3. The van der Waals surface area contributed by atoms with E-state index in [1.807, 2.05) is 43.3 Å². The third-order valence-corrected chi connectivity index (χ3v) is 4.06. The highest BCUT2D eigenvalue weighted by atomic mass is 16.5. The third kappa shape index (κ3) is 4.85. The molecule has 3 heteroatoms. The summed E-state index contributed by atoms with van der Waals surface area (Å²) in [6.07, 6.45) is 0.555. The van der Waals surface area contributed by atoms with Crippen LogP contribution in [0.2, 0.25) is 0 Å². The zero-order chi connectivity index (χ0) is 16.8. The van der Waals surface area contributed by atoms with Crippen molar-refractivity contribution in [2.24, 2.45) is 0 Å². The van der Waals surface area contributed by atoms with Crippen molar-refractivity contribution in [3.63, 3.8) is 0 Å². The molecule has 23 heavy (non-hydrogen) atoms. The Morgan fingerprint density at radius 1 is 1.04 bits per heavy atom. The second kappa shape index (κ2) is 7.82. The first-order valence-electron chi connectivity index (χ1n) is 8.13. The molecular formula is C20H25NO2. The first-order valence-corrected chi connectivity index (χ1v) is 8.13. The van der Waals surface area contributed by atoms with Gasteiger partial charge in [0.1, 0.15) is 5.75 Å². The van der Waals surface area contributed by atoms with Crippen LogP contribution < -0.4 is 10.1 Å². The number of nitrogens with one attached hydrogen (secondary N) is 1. The van der Waals surface area contributed by atoms with Crippen LogP contribution in [0.4, 0.5) is 5.69 Å². The number of hydrogen-bond acceptors (Lipinski definition) is 2. The van der Waals surface area contributed by atoms with Gasteiger partial charge in [0, 0.05) is 5.69 Å². The minimum Gasteiger partial charge on any atom is -0.481 e. The molecule has 0 saturated carbocycles. The Morgan fingerprint density at radius 3 is 2.22 bits per heavy atom. The van der Waals surface area contributed by atoms with Gasteiger partial charge in [-0.15, -0.1) is 0 Å². The van der Waals surface area contributed by atoms with Crippen molar-refractivity contribution in [2.75, 3.05) is 5.32 Å². The van der Waals surface area contributed by atoms with E-state index in [9.17, 15) is 4.79 Å². The van der Waals surface area contributed by atoms with Crippen LogP contribution >= 0.6 is 0 Å². The number of carbonyl (C=O) groups excluding carboxylic acids is 1. The normalized spacial score (nSPS) is 13.2. The number of hydrogen-bond donors (Lipinski definition) is 1. The van der Waals surface area contributed by atoms with Gasteiger partial charge in [0.15, 0.2) is 6.10 Å². The molecule has 0 heterocycles. The van der Waals surface area contributed by atoms with Crippen LogP contribution in [-0.2, 0) is 4.79 Å². The maximum absolute atomic E-state index is 12.2. The van der Waals surface area contributed by atoms with Gasteiger partial charge in [0.05, 0.1) is 0 Å². The highest BCUT2D eigenvalue weighted by Gasteiger charge is 2.15. The molecule has 2 aromatic carbocycles. The van der Waals surface area contributed by atoms with Gasteiger partial charge >= 0.3 is 0 Å². The zero-order valence-corrected chi connectivity index (χ0v) is 14.3. The number of anilines is 1. The van der Waals surface area contributed by atoms with Crippen molar-refractivity contribution in [2.45, 2.75) is 46.1 Å². The fraction of sp³-hybridized carbons (Fsp3) is 0.350. The van der Waals surface area contributed by atoms with E-state index >= 15 is 0 Å². The molecule has 3 nitrogen and oxygen atoms in total. The molecule has 0 saturated heterocycles. The average Bonchev–Trinajstić information content (AvgIpc) is 2.56. The fourth-order valence-corrected chi connectivity index (χ4v) is 2.25. The lowest BCUT2D eigenvalue weighted by Crippen LogP contribution is -2.30. The fourth-order valence-electron chi connectivity index (χ4n) is 2.25. The van der Waals surface area contributed by atoms with Gasteiger partial charge in [0.25, 0.3) is 5.91 Å². The first-order chi connectivity index (χ1) is 11.0. The molecule has 1 amide bonds. The molecule has 0 radical (unpaired) electrons. The average molecular weight is 311 g/mol. The summed E-state index contributed by atoms with van der Waals surface area (Å²) in [5, 5.41) is 2.89. The van der Waals surface area contributed by atoms with Crippen LogP contribution in [0.1, 0.15) is 44.2 Å². The Balaban J connectivity index is 1.93. The summed E-state index contributed by atoms with van der Waals surface area (Å²) in [4.78, 5) is 12.2. The molecule has 0 aliphatic rings. The molecule has 2 rings (SSSR count). The topological polar surface area (TPSA) is 38.3 Å². The number of ether oxygens (including phenoxy) is 1. The molecular weight excluding hydrogens is 286 g/mol. The smallest absolute Gasteiger partial charge is 0.265 e. The van der Waals surface area contributed by atoms with Crippen LogP contribution in [0, 0.1) is 6.92 Å². The molecule has 1 N–H and O–H groups in total. The van der Waals surface area contributed by atoms with E-state index in [1.54, 1.807) is 6.92 Å². The van der Waals surface area contributed by atoms with Crippen LogP contribution in [0.5, 0.6) is 5.75 Å². The van der Waals surface area contributed by atoms with E-state index in [1.165, 1.54) is 5.56 Å². The number of aryl methyl sites for hydroxylation is 1. The lowest BCUT2D eigenvalue weighted by atomic mass is 9.99. The summed E-state index contributed by atoms with van der Waals surface area (Å²) < 4.78 is 5.67. The highest BCUT2D eigenvalue weighted by molar-refractivity contribution is 5.94. The van der Waals surface area contributed by atoms with Crippen LogP contribution in [-0.4, -0.2) is 12.0 Å². The second-order valence-electron chi connectivity index (χ2n) is 5.99. The summed E-state index contributed by atoms with van der Waals surface area (Å²) in [6, 6.07) is 15.7. The predicted octanol–water partition coefficient (Wildman–Crippen LogP) is 4.91. The van der Waals surface area contributed by atoms with Crippen LogP contribution in [0.3, 0.4) is 0 Å². The molecule has 2 aromatic rings. The molecule has 2 unspecified atom stereocenters. The number of carbonyl (C=O) groups is 1. The minimum atomic E-state index is -0.549. The summed E-state index contributed by atoms with van der Waals surface area (Å²) in [7, 11) is 0. The summed E-state index contributed by atoms with van der Waals surface area (Å²) in [5.74, 6) is 1.08. The van der Waals surface area contributed by atoms with Crippen molar-refractivity contribution in [1.82, 2.24) is 0 Å². The van der Waals surface area contributed by atoms with Gasteiger partial charge in [-0.05, 0) is 56.0 Å². The number of amides is 1. The van der Waals surface area contributed by atoms with Gasteiger partial charge < -0.3 is 10.1 Å². The standard InChI is InChI=1S/C20H25NO2/c1-5-15(3)17-8-10-18(11-9-17)21-20(22)16(4)23-19-12-6-14(2)7-13-19/h6-13,15-16H,5H2,1-4H3,(H,21,22). The van der Waals surface area contributed by atoms with Crippen molar-refractivity contribution < 1.29 is 9.53 Å². The van der Waals surface area contributed by atoms with Gasteiger partial charge in [0.2, 0.25) is 0 Å². The first kappa shape index (κ1) is 17.1. The summed E-state index contributed by atoms with van der Waals surface area (Å²) >= 11 is 0. The Hall–Kier alpha value is -2.29. The van der Waals surface area contributed by atoms with E-state index in [0.717, 1.165) is 17.7 Å². The highest BCUT2D eigenvalue weighted by Crippen LogP contribution is 2.21. The predicted molar refractivity (Wildman–Crippen MR) is 95.0 cm³/mol. The number of benzene rings is 2. The number of rotatable bonds is 6. The molecule has 0 aliphatic carbocycles. The Labute approximate surface area is 138 Å². The third-order valence-electron chi connectivity index (χ3n) is 4.06. The maximum Gasteiger partial charge on any atom is 0.265 e.